The summed E-state index contributed by atoms with van der Waals surface area (Å²) < 4.78 is 6.84. The number of nitrogens with zero attached hydrogens (tertiary/aromatic N) is 3. The molecule has 3 aromatic rings. The van der Waals surface area contributed by atoms with Gasteiger partial charge < -0.3 is 15.0 Å². The van der Waals surface area contributed by atoms with Crippen LogP contribution in [0.4, 0.5) is 5.69 Å². The highest BCUT2D eigenvalue weighted by Crippen LogP contribution is 2.21. The summed E-state index contributed by atoms with van der Waals surface area (Å²) in [5.41, 5.74) is 1.47. The van der Waals surface area contributed by atoms with Crippen LogP contribution < -0.4 is 10.1 Å². The lowest BCUT2D eigenvalue weighted by atomic mass is 10.0. The largest absolute Gasteiger partial charge is 0.497 e. The predicted octanol–water partition coefficient (Wildman–Crippen LogP) is 3.47. The van der Waals surface area contributed by atoms with Crippen LogP contribution in [-0.4, -0.2) is 46.3 Å². The minimum Gasteiger partial charge on any atom is -0.497 e. The molecule has 3 heterocycles. The second-order valence-corrected chi connectivity index (χ2v) is 7.42. The van der Waals surface area contributed by atoms with Crippen molar-refractivity contribution in [2.45, 2.75) is 19.8 Å². The Hall–Kier alpha value is -3.35. The van der Waals surface area contributed by atoms with Crippen molar-refractivity contribution >= 4 is 23.0 Å². The fourth-order valence-corrected chi connectivity index (χ4v) is 3.74. The van der Waals surface area contributed by atoms with Crippen molar-refractivity contribution in [3.05, 3.63) is 60.2 Å². The van der Waals surface area contributed by atoms with Crippen LogP contribution >= 0.6 is 0 Å². The number of hydrogen-bond acceptors (Lipinski definition) is 4. The first-order chi connectivity index (χ1) is 14.1. The average Bonchev–Trinajstić information content (AvgIpc) is 3.13. The quantitative estimate of drug-likeness (QED) is 0.738. The summed E-state index contributed by atoms with van der Waals surface area (Å²) in [4.78, 5) is 32.3. The highest BCUT2D eigenvalue weighted by Gasteiger charge is 2.27. The Morgan fingerprint density at radius 1 is 1.17 bits per heavy atom. The number of rotatable bonds is 4. The molecule has 1 fully saturated rings. The lowest BCUT2D eigenvalue weighted by Gasteiger charge is -2.30. The van der Waals surface area contributed by atoms with E-state index in [4.69, 9.17) is 4.74 Å². The van der Waals surface area contributed by atoms with Crippen LogP contribution in [0.1, 0.15) is 40.9 Å². The van der Waals surface area contributed by atoms with Gasteiger partial charge in [0.05, 0.1) is 12.6 Å². The molecular weight excluding hydrogens is 368 g/mol. The SMILES string of the molecule is COc1ccc(NC(=O)c2nc(C(=O)N3CCCC(C)C3)n3ccccc23)cc1. The maximum absolute atomic E-state index is 13.1. The molecule has 0 saturated carbocycles. The van der Waals surface area contributed by atoms with Crippen LogP contribution in [0.15, 0.2) is 48.7 Å². The van der Waals surface area contributed by atoms with Gasteiger partial charge in [-0.05, 0) is 55.2 Å². The average molecular weight is 392 g/mol. The number of imidazole rings is 1. The Morgan fingerprint density at radius 2 is 1.97 bits per heavy atom. The standard InChI is InChI=1S/C22H24N4O3/c1-15-6-5-12-25(14-15)22(28)20-24-19(18-7-3-4-13-26(18)20)21(27)23-16-8-10-17(29-2)11-9-16/h3-4,7-11,13,15H,5-6,12,14H2,1-2H3,(H,23,27). The van der Waals surface area contributed by atoms with Gasteiger partial charge in [-0.2, -0.15) is 0 Å². The highest BCUT2D eigenvalue weighted by molar-refractivity contribution is 6.09. The number of carbonyl (C=O) groups is 2. The molecule has 0 aliphatic carbocycles. The molecule has 2 amide bonds. The molecule has 1 unspecified atom stereocenters. The lowest BCUT2D eigenvalue weighted by molar-refractivity contribution is 0.0670. The number of aromatic nitrogens is 2. The van der Waals surface area contributed by atoms with Crippen LogP contribution in [0.3, 0.4) is 0 Å². The minimum absolute atomic E-state index is 0.138. The Kier molecular flexibility index (Phi) is 5.20. The maximum Gasteiger partial charge on any atom is 0.290 e. The molecule has 0 radical (unpaired) electrons. The number of amides is 2. The van der Waals surface area contributed by atoms with Gasteiger partial charge in [0.15, 0.2) is 5.69 Å². The van der Waals surface area contributed by atoms with Crippen molar-refractivity contribution in [1.29, 1.82) is 0 Å². The van der Waals surface area contributed by atoms with Crippen LogP contribution in [-0.2, 0) is 0 Å². The molecule has 1 aliphatic rings. The summed E-state index contributed by atoms with van der Waals surface area (Å²) in [7, 11) is 1.59. The zero-order valence-electron chi connectivity index (χ0n) is 16.6. The predicted molar refractivity (Wildman–Crippen MR) is 110 cm³/mol. The van der Waals surface area contributed by atoms with E-state index >= 15 is 0 Å². The van der Waals surface area contributed by atoms with Gasteiger partial charge in [0.25, 0.3) is 11.8 Å². The van der Waals surface area contributed by atoms with E-state index in [0.29, 0.717) is 29.4 Å². The van der Waals surface area contributed by atoms with Gasteiger partial charge >= 0.3 is 0 Å². The summed E-state index contributed by atoms with van der Waals surface area (Å²) in [6, 6.07) is 12.5. The van der Waals surface area contributed by atoms with Crippen molar-refractivity contribution in [3.8, 4) is 5.75 Å². The fourth-order valence-electron chi connectivity index (χ4n) is 3.74. The Labute approximate surface area is 169 Å². The highest BCUT2D eigenvalue weighted by atomic mass is 16.5. The van der Waals surface area contributed by atoms with Gasteiger partial charge in [-0.25, -0.2) is 4.98 Å². The van der Waals surface area contributed by atoms with Gasteiger partial charge in [-0.15, -0.1) is 0 Å². The molecule has 2 aromatic heterocycles. The van der Waals surface area contributed by atoms with Crippen molar-refractivity contribution < 1.29 is 14.3 Å². The van der Waals surface area contributed by atoms with E-state index in [-0.39, 0.29) is 23.3 Å². The monoisotopic (exact) mass is 392 g/mol. The number of likely N-dealkylation sites (tertiary alicyclic amines) is 1. The van der Waals surface area contributed by atoms with Crippen LogP contribution in [0.5, 0.6) is 5.75 Å². The molecule has 0 spiro atoms. The first-order valence-corrected chi connectivity index (χ1v) is 9.78. The summed E-state index contributed by atoms with van der Waals surface area (Å²) in [5, 5.41) is 2.85. The van der Waals surface area contributed by atoms with Crippen molar-refractivity contribution in [2.24, 2.45) is 5.92 Å². The number of pyridine rings is 1. The number of ether oxygens (including phenoxy) is 1. The molecule has 0 bridgehead atoms. The summed E-state index contributed by atoms with van der Waals surface area (Å²) >= 11 is 0. The number of nitrogens with one attached hydrogen (secondary N) is 1. The smallest absolute Gasteiger partial charge is 0.290 e. The van der Waals surface area contributed by atoms with Gasteiger partial charge in [0.1, 0.15) is 5.75 Å². The summed E-state index contributed by atoms with van der Waals surface area (Å²) in [6.45, 7) is 3.59. The van der Waals surface area contributed by atoms with E-state index in [2.05, 4.69) is 17.2 Å². The Balaban J connectivity index is 1.64. The normalized spacial score (nSPS) is 16.6. The molecule has 1 atom stereocenters. The van der Waals surface area contributed by atoms with E-state index in [0.717, 1.165) is 19.4 Å². The zero-order valence-corrected chi connectivity index (χ0v) is 16.6. The van der Waals surface area contributed by atoms with Gasteiger partial charge in [-0.1, -0.05) is 13.0 Å². The summed E-state index contributed by atoms with van der Waals surface area (Å²) in [5.74, 6) is 0.955. The fraction of sp³-hybridized carbons (Fsp3) is 0.318. The Morgan fingerprint density at radius 3 is 2.69 bits per heavy atom. The molecule has 1 aliphatic heterocycles. The van der Waals surface area contributed by atoms with E-state index in [1.54, 1.807) is 48.0 Å². The number of hydrogen-bond donors (Lipinski definition) is 1. The number of carbonyl (C=O) groups excluding carboxylic acids is 2. The van der Waals surface area contributed by atoms with Gasteiger partial charge in [0, 0.05) is 25.0 Å². The number of fused-ring (bicyclic) bond motifs is 1. The topological polar surface area (TPSA) is 75.9 Å². The van der Waals surface area contributed by atoms with Crippen LogP contribution in [0, 0.1) is 5.92 Å². The van der Waals surface area contributed by atoms with Gasteiger partial charge in [-0.3, -0.25) is 14.0 Å². The third kappa shape index (κ3) is 3.81. The molecular formula is C22H24N4O3. The van der Waals surface area contributed by atoms with Crippen LogP contribution in [0.25, 0.3) is 5.52 Å². The van der Waals surface area contributed by atoms with E-state index < -0.39 is 0 Å². The van der Waals surface area contributed by atoms with Crippen molar-refractivity contribution in [3.63, 3.8) is 0 Å². The minimum atomic E-state index is -0.357. The first kappa shape index (κ1) is 19.0. The number of benzene rings is 1. The van der Waals surface area contributed by atoms with Gasteiger partial charge in [0.2, 0.25) is 5.82 Å². The second-order valence-electron chi connectivity index (χ2n) is 7.42. The first-order valence-electron chi connectivity index (χ1n) is 9.78. The molecule has 7 nitrogen and oxygen atoms in total. The van der Waals surface area contributed by atoms with E-state index in [9.17, 15) is 9.59 Å². The molecule has 4 rings (SSSR count). The summed E-state index contributed by atoms with van der Waals surface area (Å²) in [6.07, 6.45) is 3.88. The third-order valence-electron chi connectivity index (χ3n) is 5.25. The zero-order chi connectivity index (χ0) is 20.4. The lowest BCUT2D eigenvalue weighted by Crippen LogP contribution is -2.39. The number of methoxy groups -OCH3 is 1. The number of piperidine rings is 1. The molecule has 7 heteroatoms. The molecule has 1 N–H and O–H groups in total. The molecule has 29 heavy (non-hydrogen) atoms. The van der Waals surface area contributed by atoms with Crippen molar-refractivity contribution in [2.75, 3.05) is 25.5 Å². The van der Waals surface area contributed by atoms with Crippen LogP contribution in [0.2, 0.25) is 0 Å². The van der Waals surface area contributed by atoms with E-state index in [1.165, 1.54) is 0 Å². The number of anilines is 1. The van der Waals surface area contributed by atoms with E-state index in [1.807, 2.05) is 17.0 Å². The maximum atomic E-state index is 13.1. The molecule has 150 valence electrons. The molecule has 1 aromatic carbocycles. The molecule has 1 saturated heterocycles. The Bertz CT molecular complexity index is 1040. The van der Waals surface area contributed by atoms with Crippen molar-refractivity contribution in [1.82, 2.24) is 14.3 Å². The second kappa shape index (κ2) is 7.95. The third-order valence-corrected chi connectivity index (χ3v) is 5.25.